The van der Waals surface area contributed by atoms with Crippen molar-refractivity contribution < 1.29 is 3.89 Å². The highest BCUT2D eigenvalue weighted by atomic mass is 32.2. The van der Waals surface area contributed by atoms with Crippen LogP contribution in [0.5, 0.6) is 0 Å². The maximum absolute atomic E-state index is 13.6. The molecule has 0 radical (unpaired) electrons. The van der Waals surface area contributed by atoms with E-state index >= 15 is 0 Å². The fourth-order valence-corrected chi connectivity index (χ4v) is 3.92. The lowest BCUT2D eigenvalue weighted by molar-refractivity contribution is 0.411. The van der Waals surface area contributed by atoms with Gasteiger partial charge < -0.3 is 0 Å². The molecule has 0 aliphatic carbocycles. The Morgan fingerprint density at radius 3 is 2.24 bits per heavy atom. The largest absolute Gasteiger partial charge is 0.291 e. The summed E-state index contributed by atoms with van der Waals surface area (Å²) in [6, 6.07) is 6.00. The van der Waals surface area contributed by atoms with Crippen molar-refractivity contribution in [2.24, 2.45) is 5.41 Å². The predicted molar refractivity (Wildman–Crippen MR) is 123 cm³/mol. The van der Waals surface area contributed by atoms with Gasteiger partial charge in [-0.3, -0.25) is 20.7 Å². The molecular weight excluding hydrogens is 383 g/mol. The van der Waals surface area contributed by atoms with E-state index in [1.54, 1.807) is 37.2 Å². The molecule has 1 aromatic heterocycles. The first-order valence-electron chi connectivity index (χ1n) is 9.64. The van der Waals surface area contributed by atoms with Gasteiger partial charge in [-0.05, 0) is 67.9 Å². The molecule has 0 aliphatic heterocycles. The molecule has 1 aromatic carbocycles. The van der Waals surface area contributed by atoms with Crippen LogP contribution in [0.1, 0.15) is 62.4 Å². The van der Waals surface area contributed by atoms with Gasteiger partial charge in [-0.25, -0.2) is 0 Å². The maximum Gasteiger partial charge on any atom is 0.139 e. The van der Waals surface area contributed by atoms with Crippen molar-refractivity contribution in [3.05, 3.63) is 58.4 Å². The van der Waals surface area contributed by atoms with E-state index in [4.69, 9.17) is 10.8 Å². The number of nitrogens with one attached hydrogen (secondary N) is 2. The fraction of sp³-hybridized carbons (Fsp3) is 0.435. The summed E-state index contributed by atoms with van der Waals surface area (Å²) in [7, 11) is 0. The molecule has 0 amide bonds. The maximum atomic E-state index is 13.6. The van der Waals surface area contributed by atoms with Crippen molar-refractivity contribution in [1.29, 1.82) is 10.8 Å². The number of nitrogens with zero attached hydrogens (tertiary/aromatic N) is 2. The Kier molecular flexibility index (Phi) is 6.89. The summed E-state index contributed by atoms with van der Waals surface area (Å²) in [5, 5.41) is 16.8. The first kappa shape index (κ1) is 23.1. The van der Waals surface area contributed by atoms with Gasteiger partial charge in [0.1, 0.15) is 5.84 Å². The number of halogens is 1. The second-order valence-corrected chi connectivity index (χ2v) is 10.3. The molecule has 4 nitrogen and oxygen atoms in total. The summed E-state index contributed by atoms with van der Waals surface area (Å²) in [6.07, 6.45) is 5.28. The molecule has 0 aliphatic rings. The molecule has 0 atom stereocenters. The molecule has 156 valence electrons. The lowest BCUT2D eigenvalue weighted by Crippen LogP contribution is -2.33. The van der Waals surface area contributed by atoms with Crippen LogP contribution in [-0.2, 0) is 11.2 Å². The van der Waals surface area contributed by atoms with Crippen LogP contribution < -0.4 is 4.90 Å². The number of anilines is 1. The number of amidine groups is 1. The normalized spacial score (nSPS) is 12.0. The van der Waals surface area contributed by atoms with E-state index in [-0.39, 0.29) is 23.4 Å². The van der Waals surface area contributed by atoms with E-state index < -0.39 is 4.75 Å². The molecule has 0 unspecified atom stereocenters. The van der Waals surface area contributed by atoms with Gasteiger partial charge in [-0.2, -0.15) is 3.89 Å². The summed E-state index contributed by atoms with van der Waals surface area (Å²) in [5.74, 6) is 0.111. The van der Waals surface area contributed by atoms with Crippen molar-refractivity contribution in [2.45, 2.75) is 59.6 Å². The summed E-state index contributed by atoms with van der Waals surface area (Å²) in [6.45, 7) is 14.2. The Bertz CT molecular complexity index is 892. The number of hydrogen-bond acceptors (Lipinski definition) is 4. The summed E-state index contributed by atoms with van der Waals surface area (Å²) >= 11 is 0.240. The van der Waals surface area contributed by atoms with E-state index in [1.807, 2.05) is 13.8 Å². The molecule has 2 rings (SSSR count). The average Bonchev–Trinajstić information content (AvgIpc) is 2.62. The van der Waals surface area contributed by atoms with Crippen LogP contribution in [0.25, 0.3) is 0 Å². The number of rotatable bonds is 6. The van der Waals surface area contributed by atoms with Gasteiger partial charge >= 0.3 is 0 Å². The third-order valence-corrected chi connectivity index (χ3v) is 5.42. The van der Waals surface area contributed by atoms with Gasteiger partial charge in [0.15, 0.2) is 0 Å². The molecular formula is C23H31FN4S. The minimum absolute atomic E-state index is 0.111. The van der Waals surface area contributed by atoms with E-state index in [1.165, 1.54) is 5.56 Å². The number of aryl methyl sites for hydroxylation is 2. The zero-order chi connectivity index (χ0) is 22.0. The topological polar surface area (TPSA) is 63.8 Å². The van der Waals surface area contributed by atoms with Gasteiger partial charge in [0.25, 0.3) is 0 Å². The first-order valence-corrected chi connectivity index (χ1v) is 10.4. The van der Waals surface area contributed by atoms with Crippen LogP contribution >= 0.6 is 12.1 Å². The number of pyridine rings is 1. The molecule has 0 saturated heterocycles. The monoisotopic (exact) mass is 414 g/mol. The first-order chi connectivity index (χ1) is 13.4. The minimum atomic E-state index is -0.821. The highest BCUT2D eigenvalue weighted by molar-refractivity contribution is 7.95. The van der Waals surface area contributed by atoms with Crippen LogP contribution in [0.15, 0.2) is 30.6 Å². The highest BCUT2D eigenvalue weighted by Crippen LogP contribution is 2.39. The Hall–Kier alpha value is -2.21. The van der Waals surface area contributed by atoms with Crippen LogP contribution in [-0.4, -0.2) is 17.2 Å². The van der Waals surface area contributed by atoms with Gasteiger partial charge in [0.2, 0.25) is 0 Å². The van der Waals surface area contributed by atoms with Crippen molar-refractivity contribution in [2.75, 3.05) is 4.90 Å². The summed E-state index contributed by atoms with van der Waals surface area (Å²) in [5.41, 5.74) is 5.42. The van der Waals surface area contributed by atoms with E-state index in [9.17, 15) is 3.89 Å². The zero-order valence-electron chi connectivity index (χ0n) is 18.4. The minimum Gasteiger partial charge on any atom is -0.291 e. The summed E-state index contributed by atoms with van der Waals surface area (Å²) < 4.78 is 12.8. The van der Waals surface area contributed by atoms with E-state index in [0.29, 0.717) is 11.1 Å². The summed E-state index contributed by atoms with van der Waals surface area (Å²) in [4.78, 5) is 5.70. The second-order valence-electron chi connectivity index (χ2n) is 9.17. The molecule has 0 bridgehead atoms. The van der Waals surface area contributed by atoms with Gasteiger partial charge in [-0.15, -0.1) is 0 Å². The molecule has 29 heavy (non-hydrogen) atoms. The molecule has 2 N–H and O–H groups in total. The number of aromatic nitrogens is 1. The lowest BCUT2D eigenvalue weighted by atomic mass is 9.86. The smallest absolute Gasteiger partial charge is 0.139 e. The number of benzene rings is 1. The third-order valence-electron chi connectivity index (χ3n) is 4.81. The molecule has 0 fully saturated rings. The molecule has 0 spiro atoms. The van der Waals surface area contributed by atoms with Crippen LogP contribution in [0.3, 0.4) is 0 Å². The Morgan fingerprint density at radius 2 is 1.76 bits per heavy atom. The van der Waals surface area contributed by atoms with Gasteiger partial charge in [-0.1, -0.05) is 32.9 Å². The lowest BCUT2D eigenvalue weighted by Gasteiger charge is -2.29. The highest BCUT2D eigenvalue weighted by Gasteiger charge is 2.29. The predicted octanol–water partition coefficient (Wildman–Crippen LogP) is 6.58. The van der Waals surface area contributed by atoms with Gasteiger partial charge in [0.05, 0.1) is 28.9 Å². The Labute approximate surface area is 178 Å². The van der Waals surface area contributed by atoms with Crippen molar-refractivity contribution >= 4 is 30.0 Å². The van der Waals surface area contributed by atoms with Crippen LogP contribution in [0.4, 0.5) is 9.57 Å². The standard InChI is InChI=1S/C23H31FN4S/c1-15-10-17(12-22(3,4)5)11-16(2)20(15)28(14-25)21(26)18-13-27-9-8-19(18)23(6,7)29-24/h8-11,13-14,25-26H,12H2,1-7H3. The molecule has 1 heterocycles. The Morgan fingerprint density at radius 1 is 1.17 bits per heavy atom. The zero-order valence-corrected chi connectivity index (χ0v) is 19.2. The quantitative estimate of drug-likeness (QED) is 0.414. The van der Waals surface area contributed by atoms with E-state index in [0.717, 1.165) is 29.6 Å². The molecule has 2 aromatic rings. The van der Waals surface area contributed by atoms with Crippen molar-refractivity contribution in [3.8, 4) is 0 Å². The van der Waals surface area contributed by atoms with Crippen LogP contribution in [0.2, 0.25) is 0 Å². The van der Waals surface area contributed by atoms with Crippen molar-refractivity contribution in [1.82, 2.24) is 4.98 Å². The van der Waals surface area contributed by atoms with Gasteiger partial charge in [0, 0.05) is 18.0 Å². The average molecular weight is 415 g/mol. The van der Waals surface area contributed by atoms with Crippen molar-refractivity contribution in [3.63, 3.8) is 0 Å². The Balaban J connectivity index is 2.53. The number of hydrogen-bond donors (Lipinski definition) is 2. The van der Waals surface area contributed by atoms with Crippen LogP contribution in [0, 0.1) is 30.1 Å². The third kappa shape index (κ3) is 5.24. The molecule has 6 heteroatoms. The second kappa shape index (κ2) is 8.66. The fourth-order valence-electron chi connectivity index (χ4n) is 3.66. The molecule has 0 saturated carbocycles. The SMILES string of the molecule is Cc1cc(CC(C)(C)C)cc(C)c1N(C=N)C(=N)c1cnccc1C(C)(C)SF. The van der Waals surface area contributed by atoms with E-state index in [2.05, 4.69) is 37.9 Å².